The largest absolute Gasteiger partial charge is 0.368 e. The molecule has 1 aromatic heterocycles. The van der Waals surface area contributed by atoms with Crippen LogP contribution in [0.25, 0.3) is 10.9 Å². The number of amides is 1. The zero-order valence-electron chi connectivity index (χ0n) is 10.6. The zero-order valence-corrected chi connectivity index (χ0v) is 10.6. The van der Waals surface area contributed by atoms with E-state index in [4.69, 9.17) is 5.73 Å². The van der Waals surface area contributed by atoms with E-state index in [1.54, 1.807) is 0 Å². The lowest BCUT2D eigenvalue weighted by molar-refractivity contribution is -0.120. The van der Waals surface area contributed by atoms with E-state index in [9.17, 15) is 4.79 Å². The second kappa shape index (κ2) is 5.14. The van der Waals surface area contributed by atoms with Crippen molar-refractivity contribution in [2.75, 3.05) is 6.54 Å². The van der Waals surface area contributed by atoms with Gasteiger partial charge in [-0.3, -0.25) is 9.78 Å². The number of aromatic nitrogens is 1. The number of hydrogen-bond donors (Lipinski definition) is 2. The van der Waals surface area contributed by atoms with Gasteiger partial charge in [-0.2, -0.15) is 0 Å². The minimum Gasteiger partial charge on any atom is -0.368 e. The van der Waals surface area contributed by atoms with Crippen molar-refractivity contribution in [3.8, 4) is 0 Å². The molecule has 1 heterocycles. The minimum atomic E-state index is -0.444. The number of carbonyl (C=O) groups excluding carboxylic acids is 1. The van der Waals surface area contributed by atoms with Gasteiger partial charge in [0.2, 0.25) is 5.91 Å². The van der Waals surface area contributed by atoms with E-state index >= 15 is 0 Å². The summed E-state index contributed by atoms with van der Waals surface area (Å²) in [5.74, 6) is -0.365. The van der Waals surface area contributed by atoms with Crippen molar-refractivity contribution >= 4 is 16.8 Å². The number of fused-ring (bicyclic) bond motifs is 1. The van der Waals surface area contributed by atoms with Gasteiger partial charge in [0.15, 0.2) is 0 Å². The molecule has 0 aliphatic carbocycles. The molecule has 2 aromatic rings. The minimum absolute atomic E-state index is 0.365. The van der Waals surface area contributed by atoms with Crippen LogP contribution in [0.1, 0.15) is 24.2 Å². The second-order valence-corrected chi connectivity index (χ2v) is 4.30. The smallest absolute Gasteiger partial charge is 0.239 e. The Hall–Kier alpha value is -1.94. The van der Waals surface area contributed by atoms with E-state index in [-0.39, 0.29) is 5.91 Å². The summed E-state index contributed by atoms with van der Waals surface area (Å²) in [6.07, 6.45) is 0. The number of hydrogen-bond acceptors (Lipinski definition) is 3. The molecule has 1 unspecified atom stereocenters. The van der Waals surface area contributed by atoms with Crippen LogP contribution < -0.4 is 11.1 Å². The van der Waals surface area contributed by atoms with E-state index in [0.717, 1.165) is 22.2 Å². The lowest BCUT2D eigenvalue weighted by Crippen LogP contribution is -2.33. The van der Waals surface area contributed by atoms with Crippen molar-refractivity contribution in [1.82, 2.24) is 10.3 Å². The van der Waals surface area contributed by atoms with E-state index < -0.39 is 6.04 Å². The van der Waals surface area contributed by atoms with Crippen LogP contribution in [-0.4, -0.2) is 17.4 Å². The van der Waals surface area contributed by atoms with Crippen molar-refractivity contribution in [2.24, 2.45) is 5.73 Å². The molecule has 1 aromatic carbocycles. The fourth-order valence-corrected chi connectivity index (χ4v) is 2.01. The van der Waals surface area contributed by atoms with Crippen molar-refractivity contribution < 1.29 is 4.79 Å². The average molecular weight is 243 g/mol. The molecular weight excluding hydrogens is 226 g/mol. The van der Waals surface area contributed by atoms with Crippen LogP contribution in [-0.2, 0) is 4.79 Å². The Morgan fingerprint density at radius 2 is 2.17 bits per heavy atom. The van der Waals surface area contributed by atoms with E-state index in [1.807, 2.05) is 44.2 Å². The molecular formula is C14H17N3O. The first-order valence-corrected chi connectivity index (χ1v) is 6.02. The van der Waals surface area contributed by atoms with Gasteiger partial charge >= 0.3 is 0 Å². The number of nitrogens with zero attached hydrogens (tertiary/aromatic N) is 1. The van der Waals surface area contributed by atoms with Crippen molar-refractivity contribution in [1.29, 1.82) is 0 Å². The summed E-state index contributed by atoms with van der Waals surface area (Å²) in [7, 11) is 0. The summed E-state index contributed by atoms with van der Waals surface area (Å²) in [6.45, 7) is 4.60. The third-order valence-corrected chi connectivity index (χ3v) is 2.88. The maximum Gasteiger partial charge on any atom is 0.239 e. The van der Waals surface area contributed by atoms with E-state index in [2.05, 4.69) is 10.3 Å². The van der Waals surface area contributed by atoms with Gasteiger partial charge in [-0.25, -0.2) is 0 Å². The summed E-state index contributed by atoms with van der Waals surface area (Å²) < 4.78 is 0. The molecule has 1 amide bonds. The molecule has 0 aliphatic heterocycles. The number of pyridine rings is 1. The molecule has 18 heavy (non-hydrogen) atoms. The van der Waals surface area contributed by atoms with Crippen LogP contribution in [0.4, 0.5) is 0 Å². The Morgan fingerprint density at radius 3 is 2.83 bits per heavy atom. The summed E-state index contributed by atoms with van der Waals surface area (Å²) in [5.41, 5.74) is 8.19. The summed E-state index contributed by atoms with van der Waals surface area (Å²) in [6, 6.07) is 9.29. The summed E-state index contributed by atoms with van der Waals surface area (Å²) >= 11 is 0. The van der Waals surface area contributed by atoms with Gasteiger partial charge in [0.25, 0.3) is 0 Å². The molecule has 4 nitrogen and oxygen atoms in total. The molecule has 0 aliphatic rings. The van der Waals surface area contributed by atoms with Crippen molar-refractivity contribution in [3.63, 3.8) is 0 Å². The topological polar surface area (TPSA) is 68.0 Å². The van der Waals surface area contributed by atoms with Gasteiger partial charge in [-0.1, -0.05) is 19.1 Å². The number of aryl methyl sites for hydroxylation is 1. The maximum atomic E-state index is 11.4. The number of nitrogens with one attached hydrogen (secondary N) is 1. The first kappa shape index (κ1) is 12.5. The standard InChI is InChI=1S/C14H17N3O/c1-3-16-13(14(15)18)11-6-7-12-10(8-11)5-4-9(2)17-12/h4-8,13,16H,3H2,1-2H3,(H2,15,18). The fraction of sp³-hybridized carbons (Fsp3) is 0.286. The lowest BCUT2D eigenvalue weighted by Gasteiger charge is -2.15. The van der Waals surface area contributed by atoms with Gasteiger partial charge in [0.05, 0.1) is 5.52 Å². The normalized spacial score (nSPS) is 12.6. The molecule has 1 atom stereocenters. The molecule has 2 rings (SSSR count). The zero-order chi connectivity index (χ0) is 13.1. The van der Waals surface area contributed by atoms with E-state index in [1.165, 1.54) is 0 Å². The number of nitrogens with two attached hydrogens (primary N) is 1. The number of benzene rings is 1. The van der Waals surface area contributed by atoms with Crippen LogP contribution in [0.5, 0.6) is 0 Å². The first-order chi connectivity index (χ1) is 8.61. The van der Waals surface area contributed by atoms with Crippen LogP contribution in [0.15, 0.2) is 30.3 Å². The number of primary amides is 1. The van der Waals surface area contributed by atoms with Gasteiger partial charge in [-0.05, 0) is 37.2 Å². The Morgan fingerprint density at radius 1 is 1.39 bits per heavy atom. The average Bonchev–Trinajstić information content (AvgIpc) is 2.35. The molecule has 3 N–H and O–H groups in total. The molecule has 0 bridgehead atoms. The number of carbonyl (C=O) groups is 1. The molecule has 4 heteroatoms. The molecule has 0 radical (unpaired) electrons. The second-order valence-electron chi connectivity index (χ2n) is 4.30. The van der Waals surface area contributed by atoms with Crippen LogP contribution in [0, 0.1) is 6.92 Å². The molecule has 0 saturated carbocycles. The molecule has 0 saturated heterocycles. The third-order valence-electron chi connectivity index (χ3n) is 2.88. The molecule has 0 spiro atoms. The maximum absolute atomic E-state index is 11.4. The fourth-order valence-electron chi connectivity index (χ4n) is 2.01. The van der Waals surface area contributed by atoms with Crippen LogP contribution >= 0.6 is 0 Å². The quantitative estimate of drug-likeness (QED) is 0.858. The summed E-state index contributed by atoms with van der Waals surface area (Å²) in [4.78, 5) is 15.9. The Kier molecular flexibility index (Phi) is 3.58. The van der Waals surface area contributed by atoms with Crippen molar-refractivity contribution in [2.45, 2.75) is 19.9 Å². The highest BCUT2D eigenvalue weighted by molar-refractivity contribution is 5.85. The highest BCUT2D eigenvalue weighted by Crippen LogP contribution is 2.19. The van der Waals surface area contributed by atoms with E-state index in [0.29, 0.717) is 6.54 Å². The van der Waals surface area contributed by atoms with Gasteiger partial charge in [0, 0.05) is 11.1 Å². The SMILES string of the molecule is CCNC(C(N)=O)c1ccc2nc(C)ccc2c1. The van der Waals surface area contributed by atoms with Gasteiger partial charge in [0.1, 0.15) is 6.04 Å². The predicted octanol–water partition coefficient (Wildman–Crippen LogP) is 1.68. The number of rotatable bonds is 4. The highest BCUT2D eigenvalue weighted by Gasteiger charge is 2.16. The van der Waals surface area contributed by atoms with Crippen LogP contribution in [0.3, 0.4) is 0 Å². The Bertz CT molecular complexity index is 580. The predicted molar refractivity (Wildman–Crippen MR) is 72.1 cm³/mol. The first-order valence-electron chi connectivity index (χ1n) is 6.02. The number of likely N-dealkylation sites (N-methyl/N-ethyl adjacent to an activating group) is 1. The monoisotopic (exact) mass is 243 g/mol. The molecule has 94 valence electrons. The van der Waals surface area contributed by atoms with Crippen LogP contribution in [0.2, 0.25) is 0 Å². The van der Waals surface area contributed by atoms with Gasteiger partial charge in [-0.15, -0.1) is 0 Å². The summed E-state index contributed by atoms with van der Waals surface area (Å²) in [5, 5.41) is 4.10. The lowest BCUT2D eigenvalue weighted by atomic mass is 10.0. The molecule has 0 fully saturated rings. The van der Waals surface area contributed by atoms with Crippen molar-refractivity contribution in [3.05, 3.63) is 41.6 Å². The van der Waals surface area contributed by atoms with Gasteiger partial charge < -0.3 is 11.1 Å². The highest BCUT2D eigenvalue weighted by atomic mass is 16.1. The third kappa shape index (κ3) is 2.49. The Balaban J connectivity index is 2.45. The Labute approximate surface area is 106 Å².